The largest absolute Gasteiger partial charge is 0.496 e. The predicted molar refractivity (Wildman–Crippen MR) is 137 cm³/mol. The van der Waals surface area contributed by atoms with Gasteiger partial charge in [0.1, 0.15) is 34.6 Å². The van der Waals surface area contributed by atoms with Crippen molar-refractivity contribution in [2.45, 2.75) is 18.9 Å². The Kier molecular flexibility index (Phi) is 10.3. The van der Waals surface area contributed by atoms with E-state index in [4.69, 9.17) is 14.2 Å². The van der Waals surface area contributed by atoms with Gasteiger partial charge in [-0.2, -0.15) is 0 Å². The second kappa shape index (κ2) is 12.7. The molecule has 7 nitrogen and oxygen atoms in total. The minimum Gasteiger partial charge on any atom is -0.496 e. The minimum absolute atomic E-state index is 0. The van der Waals surface area contributed by atoms with Crippen LogP contribution in [0.2, 0.25) is 0 Å². The molecule has 33 heavy (non-hydrogen) atoms. The van der Waals surface area contributed by atoms with Crippen molar-refractivity contribution >= 4 is 35.6 Å². The molecule has 1 atom stereocenters. The van der Waals surface area contributed by atoms with Crippen molar-refractivity contribution in [2.75, 3.05) is 52.9 Å². The van der Waals surface area contributed by atoms with E-state index in [1.165, 1.54) is 18.2 Å². The Labute approximate surface area is 210 Å². The van der Waals surface area contributed by atoms with Gasteiger partial charge >= 0.3 is 0 Å². The molecule has 0 radical (unpaired) electrons. The summed E-state index contributed by atoms with van der Waals surface area (Å²) in [4.78, 5) is 6.00. The van der Waals surface area contributed by atoms with Gasteiger partial charge in [-0.1, -0.05) is 6.07 Å². The molecule has 1 unspecified atom stereocenters. The molecule has 3 rings (SSSR count). The van der Waals surface area contributed by atoms with Gasteiger partial charge in [-0.3, -0.25) is 4.99 Å². The van der Waals surface area contributed by atoms with Crippen LogP contribution in [0, 0.1) is 11.6 Å². The number of hydrogen-bond acceptors (Lipinski definition) is 5. The zero-order valence-corrected chi connectivity index (χ0v) is 21.6. The number of guanidine groups is 1. The molecule has 0 aromatic heterocycles. The molecule has 0 amide bonds. The van der Waals surface area contributed by atoms with Gasteiger partial charge in [0, 0.05) is 50.4 Å². The van der Waals surface area contributed by atoms with Crippen LogP contribution in [0.25, 0.3) is 0 Å². The zero-order valence-electron chi connectivity index (χ0n) is 19.3. The first-order valence-corrected chi connectivity index (χ1v) is 10.5. The summed E-state index contributed by atoms with van der Waals surface area (Å²) < 4.78 is 44.5. The fraction of sp³-hybridized carbons (Fsp3) is 0.435. The molecule has 1 fully saturated rings. The van der Waals surface area contributed by atoms with Gasteiger partial charge in [-0.25, -0.2) is 8.78 Å². The van der Waals surface area contributed by atoms with E-state index in [0.29, 0.717) is 49.3 Å². The van der Waals surface area contributed by atoms with Crippen LogP contribution >= 0.6 is 24.0 Å². The standard InChI is InChI=1S/C23H30F2N4O3.HI/c1-26-23(27-10-8-17-20(31-3)12-16(30-2)13-21(17)32-4)28-15-9-11-29(14-15)22-18(24)6-5-7-19(22)25;/h5-7,12-13,15H,8-11,14H2,1-4H3,(H2,26,27,28);1H. The first kappa shape index (κ1) is 26.7. The Morgan fingerprint density at radius 2 is 1.73 bits per heavy atom. The third-order valence-corrected chi connectivity index (χ3v) is 5.49. The predicted octanol–water partition coefficient (Wildman–Crippen LogP) is 3.60. The van der Waals surface area contributed by atoms with Crippen LogP contribution in [0.1, 0.15) is 12.0 Å². The first-order chi connectivity index (χ1) is 15.5. The van der Waals surface area contributed by atoms with Crippen molar-refractivity contribution < 1.29 is 23.0 Å². The van der Waals surface area contributed by atoms with E-state index >= 15 is 0 Å². The van der Waals surface area contributed by atoms with Gasteiger partial charge < -0.3 is 29.7 Å². The number of methoxy groups -OCH3 is 3. The lowest BCUT2D eigenvalue weighted by Crippen LogP contribution is -2.45. The molecule has 2 N–H and O–H groups in total. The van der Waals surface area contributed by atoms with Crippen LogP contribution in [0.4, 0.5) is 14.5 Å². The number of ether oxygens (including phenoxy) is 3. The topological polar surface area (TPSA) is 67.4 Å². The van der Waals surface area contributed by atoms with Crippen LogP contribution in [0.3, 0.4) is 0 Å². The number of para-hydroxylation sites is 1. The molecule has 0 aliphatic carbocycles. The zero-order chi connectivity index (χ0) is 23.1. The van der Waals surface area contributed by atoms with Gasteiger partial charge in [-0.05, 0) is 25.0 Å². The molecule has 0 saturated carbocycles. The number of anilines is 1. The number of halogens is 3. The SMILES string of the molecule is CN=C(NCCc1c(OC)cc(OC)cc1OC)NC1CCN(c2c(F)cccc2F)C1.I. The van der Waals surface area contributed by atoms with Crippen LogP contribution in [-0.2, 0) is 6.42 Å². The molecular formula is C23H31F2IN4O3. The molecule has 182 valence electrons. The fourth-order valence-electron chi connectivity index (χ4n) is 3.89. The first-order valence-electron chi connectivity index (χ1n) is 10.5. The lowest BCUT2D eigenvalue weighted by atomic mass is 10.1. The fourth-order valence-corrected chi connectivity index (χ4v) is 3.89. The maximum Gasteiger partial charge on any atom is 0.191 e. The van der Waals surface area contributed by atoms with E-state index in [0.717, 1.165) is 12.0 Å². The van der Waals surface area contributed by atoms with Gasteiger partial charge in [-0.15, -0.1) is 24.0 Å². The maximum atomic E-state index is 14.1. The van der Waals surface area contributed by atoms with Crippen molar-refractivity contribution in [3.63, 3.8) is 0 Å². The second-order valence-corrected chi connectivity index (χ2v) is 7.41. The van der Waals surface area contributed by atoms with Crippen LogP contribution < -0.4 is 29.7 Å². The summed E-state index contributed by atoms with van der Waals surface area (Å²) in [5.74, 6) is 1.56. The van der Waals surface area contributed by atoms with Crippen molar-refractivity contribution in [1.82, 2.24) is 10.6 Å². The molecule has 1 heterocycles. The summed E-state index contributed by atoms with van der Waals surface area (Å²) in [5, 5.41) is 6.62. The Morgan fingerprint density at radius 1 is 1.09 bits per heavy atom. The van der Waals surface area contributed by atoms with Crippen molar-refractivity contribution in [2.24, 2.45) is 4.99 Å². The average Bonchev–Trinajstić information content (AvgIpc) is 3.25. The van der Waals surface area contributed by atoms with E-state index in [1.807, 2.05) is 12.1 Å². The van der Waals surface area contributed by atoms with Crippen LogP contribution in [0.5, 0.6) is 17.2 Å². The molecule has 1 aliphatic heterocycles. The monoisotopic (exact) mass is 576 g/mol. The van der Waals surface area contributed by atoms with E-state index < -0.39 is 11.6 Å². The number of benzene rings is 2. The molecule has 2 aromatic carbocycles. The van der Waals surface area contributed by atoms with Gasteiger partial charge in [0.25, 0.3) is 0 Å². The smallest absolute Gasteiger partial charge is 0.191 e. The van der Waals surface area contributed by atoms with E-state index in [9.17, 15) is 8.78 Å². The normalized spacial score (nSPS) is 15.6. The van der Waals surface area contributed by atoms with Crippen molar-refractivity contribution in [3.05, 3.63) is 47.5 Å². The molecule has 1 aliphatic rings. The molecule has 2 aromatic rings. The Hall–Kier alpha value is -2.50. The highest BCUT2D eigenvalue weighted by atomic mass is 127. The highest BCUT2D eigenvalue weighted by Gasteiger charge is 2.27. The van der Waals surface area contributed by atoms with Gasteiger partial charge in [0.2, 0.25) is 0 Å². The average molecular weight is 576 g/mol. The summed E-state index contributed by atoms with van der Waals surface area (Å²) in [6.45, 7) is 1.63. The van der Waals surface area contributed by atoms with E-state index in [-0.39, 0.29) is 35.7 Å². The molecule has 0 spiro atoms. The lowest BCUT2D eigenvalue weighted by Gasteiger charge is -2.21. The molecular weight excluding hydrogens is 545 g/mol. The number of nitrogens with zero attached hydrogens (tertiary/aromatic N) is 2. The van der Waals surface area contributed by atoms with E-state index in [1.54, 1.807) is 33.3 Å². The summed E-state index contributed by atoms with van der Waals surface area (Å²) in [6.07, 6.45) is 1.38. The second-order valence-electron chi connectivity index (χ2n) is 7.41. The maximum absolute atomic E-state index is 14.1. The number of nitrogens with one attached hydrogen (secondary N) is 2. The summed E-state index contributed by atoms with van der Waals surface area (Å²) in [7, 11) is 6.49. The van der Waals surface area contributed by atoms with Crippen LogP contribution in [0.15, 0.2) is 35.3 Å². The Bertz CT molecular complexity index is 916. The van der Waals surface area contributed by atoms with Crippen molar-refractivity contribution in [3.8, 4) is 17.2 Å². The third kappa shape index (κ3) is 6.52. The number of rotatable bonds is 8. The Balaban J connectivity index is 0.00000385. The number of hydrogen-bond donors (Lipinski definition) is 2. The Morgan fingerprint density at radius 3 is 2.27 bits per heavy atom. The highest BCUT2D eigenvalue weighted by molar-refractivity contribution is 14.0. The highest BCUT2D eigenvalue weighted by Crippen LogP contribution is 2.34. The number of aliphatic imine (C=N–C) groups is 1. The summed E-state index contributed by atoms with van der Waals surface area (Å²) in [6, 6.07) is 7.59. The van der Waals surface area contributed by atoms with Gasteiger partial charge in [0.15, 0.2) is 5.96 Å². The van der Waals surface area contributed by atoms with Crippen molar-refractivity contribution in [1.29, 1.82) is 0 Å². The minimum atomic E-state index is -0.546. The lowest BCUT2D eigenvalue weighted by molar-refractivity contribution is 0.368. The molecule has 0 bridgehead atoms. The molecule has 10 heteroatoms. The summed E-state index contributed by atoms with van der Waals surface area (Å²) >= 11 is 0. The third-order valence-electron chi connectivity index (χ3n) is 5.49. The van der Waals surface area contributed by atoms with Crippen LogP contribution in [-0.4, -0.2) is 60.0 Å². The van der Waals surface area contributed by atoms with E-state index in [2.05, 4.69) is 15.6 Å². The summed E-state index contributed by atoms with van der Waals surface area (Å²) in [5.41, 5.74) is 0.944. The quantitative estimate of drug-likeness (QED) is 0.285. The van der Waals surface area contributed by atoms with Gasteiger partial charge in [0.05, 0.1) is 21.3 Å². The molecule has 1 saturated heterocycles.